The Kier molecular flexibility index (Phi) is 7.63. The lowest BCUT2D eigenvalue weighted by Crippen LogP contribution is -2.15. The number of allylic oxidation sites excluding steroid dienone is 2. The van der Waals surface area contributed by atoms with Crippen LogP contribution in [0.3, 0.4) is 0 Å². The summed E-state index contributed by atoms with van der Waals surface area (Å²) >= 11 is 0. The summed E-state index contributed by atoms with van der Waals surface area (Å²) in [5, 5.41) is 12.6. The molecule has 0 aromatic heterocycles. The average molecular weight is 406 g/mol. The van der Waals surface area contributed by atoms with E-state index in [4.69, 9.17) is 4.74 Å². The van der Waals surface area contributed by atoms with Crippen LogP contribution in [0.1, 0.15) is 30.0 Å². The number of ether oxygens (including phenoxy) is 1. The molecule has 0 aliphatic heterocycles. The first-order chi connectivity index (χ1) is 14.6. The lowest BCUT2D eigenvalue weighted by molar-refractivity contribution is 0.318. The van der Waals surface area contributed by atoms with E-state index in [1.807, 2.05) is 37.4 Å². The molecule has 0 fully saturated rings. The van der Waals surface area contributed by atoms with Gasteiger partial charge in [-0.3, -0.25) is 0 Å². The molecule has 156 valence electrons. The number of hydrogen-bond donors (Lipinski definition) is 2. The van der Waals surface area contributed by atoms with Gasteiger partial charge in [-0.2, -0.15) is 0 Å². The lowest BCUT2D eigenvalue weighted by Gasteiger charge is -2.17. The fourth-order valence-corrected chi connectivity index (χ4v) is 3.50. The van der Waals surface area contributed by atoms with Crippen molar-refractivity contribution in [2.24, 2.45) is 0 Å². The third-order valence-corrected chi connectivity index (χ3v) is 5.06. The van der Waals surface area contributed by atoms with Crippen LogP contribution in [0, 0.1) is 5.82 Å². The number of likely N-dealkylation sites (N-methyl/N-ethyl adjacent to an activating group) is 1. The largest absolute Gasteiger partial charge is 0.505 e. The highest BCUT2D eigenvalue weighted by atomic mass is 19.1. The minimum atomic E-state index is -0.599. The van der Waals surface area contributed by atoms with Crippen molar-refractivity contribution in [3.05, 3.63) is 95.3 Å². The van der Waals surface area contributed by atoms with E-state index in [-0.39, 0.29) is 5.75 Å². The monoisotopic (exact) mass is 405 g/mol. The maximum atomic E-state index is 14.0. The molecule has 0 amide bonds. The van der Waals surface area contributed by atoms with Crippen LogP contribution in [0.15, 0.2) is 72.8 Å². The Labute approximate surface area is 177 Å². The number of hydrogen-bond acceptors (Lipinski definition) is 3. The number of phenolic OH excluding ortho intramolecular Hbond substituents is 1. The Balaban J connectivity index is 2.00. The summed E-state index contributed by atoms with van der Waals surface area (Å²) in [4.78, 5) is 0. The van der Waals surface area contributed by atoms with Crippen molar-refractivity contribution in [3.8, 4) is 11.5 Å². The quantitative estimate of drug-likeness (QED) is 0.355. The predicted molar refractivity (Wildman–Crippen MR) is 121 cm³/mol. The van der Waals surface area contributed by atoms with Gasteiger partial charge in [-0.05, 0) is 72.0 Å². The van der Waals surface area contributed by atoms with Crippen LogP contribution >= 0.6 is 0 Å². The van der Waals surface area contributed by atoms with Crippen molar-refractivity contribution >= 4 is 11.1 Å². The highest BCUT2D eigenvalue weighted by Gasteiger charge is 2.13. The number of phenols is 1. The number of aromatic hydroxyl groups is 1. The zero-order chi connectivity index (χ0) is 21.3. The lowest BCUT2D eigenvalue weighted by atomic mass is 9.88. The number of rotatable bonds is 9. The van der Waals surface area contributed by atoms with Gasteiger partial charge in [0.2, 0.25) is 0 Å². The highest BCUT2D eigenvalue weighted by molar-refractivity contribution is 5.91. The molecule has 0 aliphatic carbocycles. The van der Waals surface area contributed by atoms with E-state index in [9.17, 15) is 9.50 Å². The van der Waals surface area contributed by atoms with Gasteiger partial charge in [0.15, 0.2) is 11.6 Å². The Morgan fingerprint density at radius 1 is 0.933 bits per heavy atom. The Bertz CT molecular complexity index is 982. The Hall–Kier alpha value is -3.11. The summed E-state index contributed by atoms with van der Waals surface area (Å²) in [6.07, 6.45) is 1.41. The molecule has 0 atom stereocenters. The molecular weight excluding hydrogens is 377 g/mol. The molecule has 2 N–H and O–H groups in total. The van der Waals surface area contributed by atoms with Crippen molar-refractivity contribution in [3.63, 3.8) is 0 Å². The Morgan fingerprint density at radius 2 is 1.63 bits per heavy atom. The topological polar surface area (TPSA) is 41.5 Å². The smallest absolute Gasteiger partial charge is 0.165 e. The van der Waals surface area contributed by atoms with Gasteiger partial charge >= 0.3 is 0 Å². The molecule has 0 saturated heterocycles. The van der Waals surface area contributed by atoms with Crippen LogP contribution in [0.4, 0.5) is 4.39 Å². The summed E-state index contributed by atoms with van der Waals surface area (Å²) in [5.41, 5.74) is 5.40. The van der Waals surface area contributed by atoms with Crippen LogP contribution < -0.4 is 10.1 Å². The third kappa shape index (κ3) is 5.49. The molecule has 0 heterocycles. The third-order valence-electron chi connectivity index (χ3n) is 5.06. The molecule has 0 saturated carbocycles. The fourth-order valence-electron chi connectivity index (χ4n) is 3.50. The summed E-state index contributed by atoms with van der Waals surface area (Å²) < 4.78 is 19.7. The average Bonchev–Trinajstić information content (AvgIpc) is 2.77. The van der Waals surface area contributed by atoms with Crippen LogP contribution in [-0.2, 0) is 6.42 Å². The molecular formula is C26H28FNO2. The maximum Gasteiger partial charge on any atom is 0.165 e. The first kappa shape index (κ1) is 21.6. The van der Waals surface area contributed by atoms with Crippen molar-refractivity contribution in [2.45, 2.75) is 19.8 Å². The number of nitrogens with one attached hydrogen (secondary N) is 1. The molecule has 0 aliphatic rings. The standard InChI is InChI=1S/C26H28FNO2/c1-3-23(20-7-5-4-6-8-20)24(17-19-9-14-26(29)25(27)18-19)21-10-12-22(13-11-21)30-16-15-28-2/h4-14,18,28-29H,3,15-17H2,1-2H3. The summed E-state index contributed by atoms with van der Waals surface area (Å²) in [6.45, 7) is 3.53. The van der Waals surface area contributed by atoms with Gasteiger partial charge in [-0.15, -0.1) is 0 Å². The molecule has 0 spiro atoms. The molecule has 0 bridgehead atoms. The van der Waals surface area contributed by atoms with E-state index in [1.54, 1.807) is 6.07 Å². The van der Waals surface area contributed by atoms with Crippen LogP contribution in [0.25, 0.3) is 11.1 Å². The summed E-state index contributed by atoms with van der Waals surface area (Å²) in [6, 6.07) is 22.9. The summed E-state index contributed by atoms with van der Waals surface area (Å²) in [7, 11) is 1.89. The van der Waals surface area contributed by atoms with Gasteiger partial charge in [0, 0.05) is 6.54 Å². The zero-order valence-corrected chi connectivity index (χ0v) is 17.5. The van der Waals surface area contributed by atoms with E-state index < -0.39 is 5.82 Å². The first-order valence-corrected chi connectivity index (χ1v) is 10.2. The minimum Gasteiger partial charge on any atom is -0.505 e. The van der Waals surface area contributed by atoms with E-state index in [1.165, 1.54) is 17.7 Å². The Morgan fingerprint density at radius 3 is 2.27 bits per heavy atom. The molecule has 0 radical (unpaired) electrons. The van der Waals surface area contributed by atoms with Gasteiger partial charge in [0.05, 0.1) is 0 Å². The SMILES string of the molecule is CCC(=C(Cc1ccc(O)c(F)c1)c1ccc(OCCNC)cc1)c1ccccc1. The summed E-state index contributed by atoms with van der Waals surface area (Å²) in [5.74, 6) is -0.106. The molecule has 4 heteroatoms. The van der Waals surface area contributed by atoms with Gasteiger partial charge in [-0.25, -0.2) is 4.39 Å². The van der Waals surface area contributed by atoms with Gasteiger partial charge in [-0.1, -0.05) is 55.5 Å². The first-order valence-electron chi connectivity index (χ1n) is 10.2. The fraction of sp³-hybridized carbons (Fsp3) is 0.231. The minimum absolute atomic E-state index is 0.328. The van der Waals surface area contributed by atoms with Crippen molar-refractivity contribution in [1.82, 2.24) is 5.32 Å². The molecule has 3 rings (SSSR count). The zero-order valence-electron chi connectivity index (χ0n) is 17.5. The van der Waals surface area contributed by atoms with Crippen LogP contribution in [0.5, 0.6) is 11.5 Å². The van der Waals surface area contributed by atoms with Crippen molar-refractivity contribution in [2.75, 3.05) is 20.2 Å². The highest BCUT2D eigenvalue weighted by Crippen LogP contribution is 2.33. The van der Waals surface area contributed by atoms with Gasteiger partial charge in [0.1, 0.15) is 12.4 Å². The van der Waals surface area contributed by atoms with E-state index in [0.29, 0.717) is 13.0 Å². The predicted octanol–water partition coefficient (Wildman–Crippen LogP) is 5.69. The van der Waals surface area contributed by atoms with Crippen molar-refractivity contribution < 1.29 is 14.2 Å². The molecule has 3 aromatic carbocycles. The second-order valence-electron chi connectivity index (χ2n) is 7.12. The number of halogens is 1. The van der Waals surface area contributed by atoms with E-state index in [2.05, 4.69) is 36.5 Å². The second-order valence-corrected chi connectivity index (χ2v) is 7.12. The number of benzene rings is 3. The maximum absolute atomic E-state index is 14.0. The van der Waals surface area contributed by atoms with Crippen LogP contribution in [-0.4, -0.2) is 25.3 Å². The van der Waals surface area contributed by atoms with Crippen LogP contribution in [0.2, 0.25) is 0 Å². The molecule has 3 aromatic rings. The molecule has 0 unspecified atom stereocenters. The second kappa shape index (κ2) is 10.6. The van der Waals surface area contributed by atoms with Crippen molar-refractivity contribution in [1.29, 1.82) is 0 Å². The van der Waals surface area contributed by atoms with Gasteiger partial charge < -0.3 is 15.2 Å². The van der Waals surface area contributed by atoms with Gasteiger partial charge in [0.25, 0.3) is 0 Å². The molecule has 30 heavy (non-hydrogen) atoms. The van der Waals surface area contributed by atoms with E-state index in [0.717, 1.165) is 41.0 Å². The van der Waals surface area contributed by atoms with E-state index >= 15 is 0 Å². The normalized spacial score (nSPS) is 11.8. The molecule has 3 nitrogen and oxygen atoms in total.